The molecule has 7 nitrogen and oxygen atoms in total. The van der Waals surface area contributed by atoms with Crippen molar-refractivity contribution in [3.05, 3.63) is 108 Å². The van der Waals surface area contributed by atoms with E-state index in [-0.39, 0.29) is 16.7 Å². The van der Waals surface area contributed by atoms with Gasteiger partial charge in [-0.25, -0.2) is 18.8 Å². The van der Waals surface area contributed by atoms with E-state index >= 15 is 0 Å². The normalized spacial score (nSPS) is 21.8. The summed E-state index contributed by atoms with van der Waals surface area (Å²) in [6.07, 6.45) is -6.44. The van der Waals surface area contributed by atoms with Crippen molar-refractivity contribution in [1.82, 2.24) is 0 Å². The van der Waals surface area contributed by atoms with Gasteiger partial charge in [0.2, 0.25) is 6.36 Å². The van der Waals surface area contributed by atoms with E-state index in [0.29, 0.717) is 0 Å². The maximum Gasteiger partial charge on any atom is 0.338 e. The molecular weight excluding hydrogens is 443 g/mol. The number of halogens is 1. The van der Waals surface area contributed by atoms with Crippen LogP contribution in [0.5, 0.6) is 0 Å². The highest BCUT2D eigenvalue weighted by Crippen LogP contribution is 2.27. The number of ether oxygens (including phenoxy) is 4. The molecule has 8 heteroatoms. The summed E-state index contributed by atoms with van der Waals surface area (Å²) < 4.78 is 36.3. The average Bonchev–Trinajstić information content (AvgIpc) is 2.89. The Morgan fingerprint density at radius 1 is 0.618 bits per heavy atom. The first kappa shape index (κ1) is 23.1. The van der Waals surface area contributed by atoms with E-state index < -0.39 is 49.2 Å². The van der Waals surface area contributed by atoms with Crippen LogP contribution in [0.4, 0.5) is 4.39 Å². The minimum Gasteiger partial charge on any atom is -0.452 e. The molecule has 34 heavy (non-hydrogen) atoms. The zero-order valence-corrected chi connectivity index (χ0v) is 17.9. The van der Waals surface area contributed by atoms with E-state index in [1.807, 2.05) is 0 Å². The molecule has 4 rings (SSSR count). The Kier molecular flexibility index (Phi) is 7.29. The van der Waals surface area contributed by atoms with Crippen LogP contribution in [0, 0.1) is 0 Å². The molecule has 0 N–H and O–H groups in total. The zero-order valence-electron chi connectivity index (χ0n) is 17.9. The number of alkyl halides is 1. The third-order valence-corrected chi connectivity index (χ3v) is 5.14. The van der Waals surface area contributed by atoms with Crippen LogP contribution >= 0.6 is 0 Å². The molecule has 0 aromatic heterocycles. The number of benzene rings is 3. The van der Waals surface area contributed by atoms with Crippen LogP contribution in [0.1, 0.15) is 31.1 Å². The lowest BCUT2D eigenvalue weighted by atomic mass is 10.0. The molecule has 0 saturated carbocycles. The van der Waals surface area contributed by atoms with Gasteiger partial charge in [-0.05, 0) is 36.4 Å². The Balaban J connectivity index is 1.59. The summed E-state index contributed by atoms with van der Waals surface area (Å²) in [5.74, 6) is -2.35. The van der Waals surface area contributed by atoms with Crippen molar-refractivity contribution in [2.24, 2.45) is 0 Å². The largest absolute Gasteiger partial charge is 0.452 e. The minimum atomic E-state index is -2.10. The zero-order chi connectivity index (χ0) is 23.9. The fraction of sp³-hybridized carbons (Fsp3) is 0.192. The van der Waals surface area contributed by atoms with Crippen molar-refractivity contribution in [3.63, 3.8) is 0 Å². The minimum absolute atomic E-state index is 0.172. The number of hydrogen-bond donors (Lipinski definition) is 0. The lowest BCUT2D eigenvalue weighted by Gasteiger charge is -2.37. The number of hydrogen-bond acceptors (Lipinski definition) is 7. The molecule has 3 aromatic rings. The van der Waals surface area contributed by atoms with Gasteiger partial charge in [-0.3, -0.25) is 0 Å². The predicted molar refractivity (Wildman–Crippen MR) is 118 cm³/mol. The first-order chi connectivity index (χ1) is 16.5. The summed E-state index contributed by atoms with van der Waals surface area (Å²) in [4.78, 5) is 38.0. The fourth-order valence-electron chi connectivity index (χ4n) is 3.41. The maximum atomic E-state index is 14.8. The standard InChI is InChI=1S/C26H21FO7/c27-23-22(34-26(30)19-14-8-3-9-15-19)21(33-25(29)18-12-6-2-7-13-18)20(16-31-23)32-24(28)17-10-4-1-5-11-17/h1-15,20-23H,16H2/t20-,21-,22-,23+/m1/s1. The number of carbonyl (C=O) groups excluding carboxylic acids is 3. The van der Waals surface area contributed by atoms with Gasteiger partial charge < -0.3 is 18.9 Å². The molecule has 4 atom stereocenters. The molecule has 1 aliphatic heterocycles. The quantitative estimate of drug-likeness (QED) is 0.403. The van der Waals surface area contributed by atoms with Crippen molar-refractivity contribution in [3.8, 4) is 0 Å². The second-order valence-corrected chi connectivity index (χ2v) is 7.47. The highest BCUT2D eigenvalue weighted by atomic mass is 19.1. The summed E-state index contributed by atoms with van der Waals surface area (Å²) >= 11 is 0. The number of carbonyl (C=O) groups is 3. The van der Waals surface area contributed by atoms with E-state index in [9.17, 15) is 18.8 Å². The molecule has 1 aliphatic rings. The Morgan fingerprint density at radius 3 is 1.44 bits per heavy atom. The van der Waals surface area contributed by atoms with Crippen molar-refractivity contribution in [2.75, 3.05) is 6.61 Å². The van der Waals surface area contributed by atoms with Crippen molar-refractivity contribution in [2.45, 2.75) is 24.7 Å². The monoisotopic (exact) mass is 464 g/mol. The third kappa shape index (κ3) is 5.47. The van der Waals surface area contributed by atoms with Crippen molar-refractivity contribution < 1.29 is 37.7 Å². The van der Waals surface area contributed by atoms with Crippen LogP contribution in [0.3, 0.4) is 0 Å². The van der Waals surface area contributed by atoms with Crippen molar-refractivity contribution in [1.29, 1.82) is 0 Å². The fourth-order valence-corrected chi connectivity index (χ4v) is 3.41. The lowest BCUT2D eigenvalue weighted by Crippen LogP contribution is -2.56. The van der Waals surface area contributed by atoms with Crippen molar-refractivity contribution >= 4 is 17.9 Å². The second kappa shape index (κ2) is 10.7. The van der Waals surface area contributed by atoms with Gasteiger partial charge in [0, 0.05) is 0 Å². The number of rotatable bonds is 6. The van der Waals surface area contributed by atoms with E-state index in [1.54, 1.807) is 66.7 Å². The van der Waals surface area contributed by atoms with E-state index in [0.717, 1.165) is 0 Å². The highest BCUT2D eigenvalue weighted by Gasteiger charge is 2.48. The lowest BCUT2D eigenvalue weighted by molar-refractivity contribution is -0.225. The van der Waals surface area contributed by atoms with Gasteiger partial charge in [0.1, 0.15) is 0 Å². The third-order valence-electron chi connectivity index (χ3n) is 5.14. The Morgan fingerprint density at radius 2 is 1.00 bits per heavy atom. The Hall–Kier alpha value is -4.04. The summed E-state index contributed by atoms with van der Waals surface area (Å²) in [5, 5.41) is 0. The molecule has 0 aliphatic carbocycles. The maximum absolute atomic E-state index is 14.8. The van der Waals surface area contributed by atoms with Gasteiger partial charge in [0.15, 0.2) is 18.3 Å². The van der Waals surface area contributed by atoms with Crippen LogP contribution in [0.25, 0.3) is 0 Å². The first-order valence-corrected chi connectivity index (χ1v) is 10.6. The molecule has 0 spiro atoms. The Labute approximate surface area is 195 Å². The van der Waals surface area contributed by atoms with Gasteiger partial charge in [-0.1, -0.05) is 54.6 Å². The van der Waals surface area contributed by atoms with Crippen LogP contribution in [-0.4, -0.2) is 49.2 Å². The molecule has 0 amide bonds. The molecular formula is C26H21FO7. The average molecular weight is 464 g/mol. The van der Waals surface area contributed by atoms with Gasteiger partial charge in [-0.15, -0.1) is 0 Å². The molecule has 1 fully saturated rings. The SMILES string of the molecule is O=C(O[C@@H]1[C@H](OC(=O)c2ccccc2)[C@H](OC(=O)c2ccccc2)CO[C@@H]1F)c1ccccc1. The molecule has 174 valence electrons. The van der Waals surface area contributed by atoms with Gasteiger partial charge in [0.05, 0.1) is 23.3 Å². The van der Waals surface area contributed by atoms with Crippen LogP contribution in [0.2, 0.25) is 0 Å². The molecule has 0 radical (unpaired) electrons. The molecule has 0 bridgehead atoms. The molecule has 0 unspecified atom stereocenters. The summed E-state index contributed by atoms with van der Waals surface area (Å²) in [6.45, 7) is -0.397. The Bertz CT molecular complexity index is 1120. The van der Waals surface area contributed by atoms with Crippen LogP contribution < -0.4 is 0 Å². The van der Waals surface area contributed by atoms with Gasteiger partial charge >= 0.3 is 17.9 Å². The first-order valence-electron chi connectivity index (χ1n) is 10.6. The van der Waals surface area contributed by atoms with E-state index in [2.05, 4.69) is 0 Å². The summed E-state index contributed by atoms with van der Waals surface area (Å²) in [6, 6.07) is 24.1. The van der Waals surface area contributed by atoms with Gasteiger partial charge in [-0.2, -0.15) is 0 Å². The van der Waals surface area contributed by atoms with Crippen LogP contribution in [0.15, 0.2) is 91.0 Å². The van der Waals surface area contributed by atoms with Crippen LogP contribution in [-0.2, 0) is 18.9 Å². The number of esters is 3. The smallest absolute Gasteiger partial charge is 0.338 e. The summed E-state index contributed by atoms with van der Waals surface area (Å²) in [7, 11) is 0. The topological polar surface area (TPSA) is 88.1 Å². The van der Waals surface area contributed by atoms with E-state index in [1.165, 1.54) is 24.3 Å². The second-order valence-electron chi connectivity index (χ2n) is 7.47. The van der Waals surface area contributed by atoms with Gasteiger partial charge in [0.25, 0.3) is 0 Å². The highest BCUT2D eigenvalue weighted by molar-refractivity contribution is 5.91. The molecule has 3 aromatic carbocycles. The molecule has 1 heterocycles. The predicted octanol–water partition coefficient (Wildman–Crippen LogP) is 3.99. The molecule has 1 saturated heterocycles. The van der Waals surface area contributed by atoms with E-state index in [4.69, 9.17) is 18.9 Å². The summed E-state index contributed by atoms with van der Waals surface area (Å²) in [5.41, 5.74) is 0.618.